The van der Waals surface area contributed by atoms with E-state index in [4.69, 9.17) is 0 Å². The molecule has 0 saturated carbocycles. The smallest absolute Gasteiger partial charge is 0.243 e. The number of hydrogen-bond acceptors (Lipinski definition) is 3. The zero-order valence-corrected chi connectivity index (χ0v) is 16.9. The molecule has 0 aliphatic carbocycles. The number of likely N-dealkylation sites (tertiary alicyclic amines) is 1. The SMILES string of the molecule is CC1CCCN(C(C)CCN(C)S(=O)(=O)c2cccc3ccccc23)C1. The van der Waals surface area contributed by atoms with Crippen LogP contribution >= 0.6 is 0 Å². The number of benzene rings is 2. The molecule has 1 heterocycles. The standard InChI is InChI=1S/C21H30N2O2S/c1-17-8-7-14-23(16-17)18(2)13-15-22(3)26(24,25)21-12-6-10-19-9-4-5-11-20(19)21/h4-6,9-12,17-18H,7-8,13-16H2,1-3H3. The zero-order chi connectivity index (χ0) is 18.7. The van der Waals surface area contributed by atoms with E-state index in [2.05, 4.69) is 18.7 Å². The van der Waals surface area contributed by atoms with Crippen LogP contribution in [0.5, 0.6) is 0 Å². The second kappa shape index (κ2) is 8.07. The van der Waals surface area contributed by atoms with Gasteiger partial charge in [0, 0.05) is 31.6 Å². The molecule has 3 rings (SSSR count). The minimum absolute atomic E-state index is 0.400. The summed E-state index contributed by atoms with van der Waals surface area (Å²) < 4.78 is 27.7. The van der Waals surface area contributed by atoms with Crippen molar-refractivity contribution in [3.63, 3.8) is 0 Å². The van der Waals surface area contributed by atoms with E-state index in [-0.39, 0.29) is 0 Å². The van der Waals surface area contributed by atoms with Crippen molar-refractivity contribution < 1.29 is 8.42 Å². The van der Waals surface area contributed by atoms with Crippen molar-refractivity contribution in [1.29, 1.82) is 0 Å². The van der Waals surface area contributed by atoms with E-state index >= 15 is 0 Å². The van der Waals surface area contributed by atoms with Crippen molar-refractivity contribution in [3.8, 4) is 0 Å². The maximum absolute atomic E-state index is 13.1. The normalized spacial score (nSPS) is 20.5. The van der Waals surface area contributed by atoms with Crippen LogP contribution in [-0.4, -0.2) is 50.3 Å². The van der Waals surface area contributed by atoms with Gasteiger partial charge in [0.15, 0.2) is 0 Å². The third-order valence-electron chi connectivity index (χ3n) is 5.61. The number of rotatable bonds is 6. The summed E-state index contributed by atoms with van der Waals surface area (Å²) in [5, 5.41) is 1.75. The third kappa shape index (κ3) is 4.11. The number of nitrogens with zero attached hydrogens (tertiary/aromatic N) is 2. The molecule has 0 amide bonds. The molecule has 0 bridgehead atoms. The van der Waals surface area contributed by atoms with Crippen LogP contribution in [0.3, 0.4) is 0 Å². The molecule has 2 aromatic rings. The van der Waals surface area contributed by atoms with E-state index in [0.29, 0.717) is 17.5 Å². The van der Waals surface area contributed by atoms with Gasteiger partial charge in [0.2, 0.25) is 10.0 Å². The van der Waals surface area contributed by atoms with E-state index in [9.17, 15) is 8.42 Å². The average Bonchev–Trinajstić information content (AvgIpc) is 2.65. The monoisotopic (exact) mass is 374 g/mol. The molecular weight excluding hydrogens is 344 g/mol. The predicted molar refractivity (Wildman–Crippen MR) is 108 cm³/mol. The van der Waals surface area contributed by atoms with Gasteiger partial charge in [-0.15, -0.1) is 0 Å². The molecule has 1 fully saturated rings. The highest BCUT2D eigenvalue weighted by Crippen LogP contribution is 2.26. The first-order valence-electron chi connectivity index (χ1n) is 9.57. The second-order valence-corrected chi connectivity index (χ2v) is 9.70. The fourth-order valence-corrected chi connectivity index (χ4v) is 5.28. The van der Waals surface area contributed by atoms with E-state index < -0.39 is 10.0 Å². The highest BCUT2D eigenvalue weighted by atomic mass is 32.2. The Morgan fingerprint density at radius 1 is 1.19 bits per heavy atom. The molecule has 2 atom stereocenters. The van der Waals surface area contributed by atoms with Gasteiger partial charge in [0.1, 0.15) is 0 Å². The topological polar surface area (TPSA) is 40.6 Å². The van der Waals surface area contributed by atoms with Crippen molar-refractivity contribution in [2.45, 2.75) is 44.0 Å². The fourth-order valence-electron chi connectivity index (χ4n) is 3.89. The lowest BCUT2D eigenvalue weighted by Crippen LogP contribution is -2.42. The second-order valence-electron chi connectivity index (χ2n) is 7.68. The van der Waals surface area contributed by atoms with Gasteiger partial charge < -0.3 is 4.90 Å². The van der Waals surface area contributed by atoms with E-state index in [1.807, 2.05) is 36.4 Å². The minimum Gasteiger partial charge on any atom is -0.300 e. The average molecular weight is 375 g/mol. The van der Waals surface area contributed by atoms with Gasteiger partial charge in [-0.05, 0) is 50.1 Å². The molecular formula is C21H30N2O2S. The Kier molecular flexibility index (Phi) is 6.00. The van der Waals surface area contributed by atoms with Crippen LogP contribution in [0.25, 0.3) is 10.8 Å². The van der Waals surface area contributed by atoms with Gasteiger partial charge in [-0.1, -0.05) is 43.3 Å². The Balaban J connectivity index is 1.71. The number of hydrogen-bond donors (Lipinski definition) is 0. The molecule has 1 saturated heterocycles. The van der Waals surface area contributed by atoms with Crippen LogP contribution in [0.4, 0.5) is 0 Å². The van der Waals surface area contributed by atoms with Crippen LogP contribution in [0.2, 0.25) is 0 Å². The van der Waals surface area contributed by atoms with Gasteiger partial charge in [0.05, 0.1) is 4.90 Å². The first-order valence-corrected chi connectivity index (χ1v) is 11.0. The van der Waals surface area contributed by atoms with E-state index in [0.717, 1.165) is 36.2 Å². The van der Waals surface area contributed by atoms with Crippen molar-refractivity contribution in [2.24, 2.45) is 5.92 Å². The summed E-state index contributed by atoms with van der Waals surface area (Å²) in [6.07, 6.45) is 3.40. The summed E-state index contributed by atoms with van der Waals surface area (Å²) in [7, 11) is -1.79. The molecule has 4 nitrogen and oxygen atoms in total. The van der Waals surface area contributed by atoms with Gasteiger partial charge in [-0.25, -0.2) is 12.7 Å². The van der Waals surface area contributed by atoms with Gasteiger partial charge >= 0.3 is 0 Å². The number of sulfonamides is 1. The van der Waals surface area contributed by atoms with Crippen molar-refractivity contribution in [2.75, 3.05) is 26.7 Å². The Morgan fingerprint density at radius 3 is 2.69 bits per heavy atom. The van der Waals surface area contributed by atoms with Crippen molar-refractivity contribution >= 4 is 20.8 Å². The summed E-state index contributed by atoms with van der Waals surface area (Å²) >= 11 is 0. The molecule has 1 aliphatic rings. The summed E-state index contributed by atoms with van der Waals surface area (Å²) in [5.41, 5.74) is 0. The molecule has 2 aromatic carbocycles. The Hall–Kier alpha value is -1.43. The van der Waals surface area contributed by atoms with Crippen LogP contribution in [-0.2, 0) is 10.0 Å². The van der Waals surface area contributed by atoms with Gasteiger partial charge in [0.25, 0.3) is 0 Å². The van der Waals surface area contributed by atoms with E-state index in [1.54, 1.807) is 13.1 Å². The lowest BCUT2D eigenvalue weighted by Gasteiger charge is -2.36. The lowest BCUT2D eigenvalue weighted by atomic mass is 9.98. The molecule has 0 N–H and O–H groups in total. The Bertz CT molecular complexity index is 845. The quantitative estimate of drug-likeness (QED) is 0.768. The van der Waals surface area contributed by atoms with Crippen molar-refractivity contribution in [3.05, 3.63) is 42.5 Å². The molecule has 26 heavy (non-hydrogen) atoms. The zero-order valence-electron chi connectivity index (χ0n) is 16.1. The first kappa shape index (κ1) is 19.3. The lowest BCUT2D eigenvalue weighted by molar-refractivity contribution is 0.130. The first-order chi connectivity index (χ1) is 12.4. The molecule has 1 aliphatic heterocycles. The van der Waals surface area contributed by atoms with Crippen LogP contribution in [0, 0.1) is 5.92 Å². The molecule has 142 valence electrons. The minimum atomic E-state index is -3.49. The summed E-state index contributed by atoms with van der Waals surface area (Å²) in [6, 6.07) is 13.5. The fraction of sp³-hybridized carbons (Fsp3) is 0.524. The Labute approximate surface area is 157 Å². The van der Waals surface area contributed by atoms with E-state index in [1.165, 1.54) is 17.1 Å². The third-order valence-corrected chi connectivity index (χ3v) is 7.53. The molecule has 0 aromatic heterocycles. The molecule has 0 radical (unpaired) electrons. The maximum Gasteiger partial charge on any atom is 0.243 e. The predicted octanol–water partition coefficient (Wildman–Crippen LogP) is 3.97. The summed E-state index contributed by atoms with van der Waals surface area (Å²) in [5.74, 6) is 0.739. The van der Waals surface area contributed by atoms with Crippen LogP contribution in [0.15, 0.2) is 47.4 Å². The van der Waals surface area contributed by atoms with Gasteiger partial charge in [-0.2, -0.15) is 0 Å². The number of fused-ring (bicyclic) bond motifs is 1. The maximum atomic E-state index is 13.1. The summed E-state index contributed by atoms with van der Waals surface area (Å²) in [4.78, 5) is 2.91. The highest BCUT2D eigenvalue weighted by Gasteiger charge is 2.25. The molecule has 5 heteroatoms. The Morgan fingerprint density at radius 2 is 1.92 bits per heavy atom. The largest absolute Gasteiger partial charge is 0.300 e. The van der Waals surface area contributed by atoms with Crippen LogP contribution < -0.4 is 0 Å². The van der Waals surface area contributed by atoms with Crippen LogP contribution in [0.1, 0.15) is 33.1 Å². The summed E-state index contributed by atoms with van der Waals surface area (Å²) in [6.45, 7) is 7.32. The van der Waals surface area contributed by atoms with Gasteiger partial charge in [-0.3, -0.25) is 0 Å². The highest BCUT2D eigenvalue weighted by molar-refractivity contribution is 7.89. The number of piperidine rings is 1. The molecule has 0 spiro atoms. The molecule has 2 unspecified atom stereocenters. The van der Waals surface area contributed by atoms with Crippen molar-refractivity contribution in [1.82, 2.24) is 9.21 Å².